The fourth-order valence-electron chi connectivity index (χ4n) is 5.28. The van der Waals surface area contributed by atoms with E-state index in [0.29, 0.717) is 29.6 Å². The summed E-state index contributed by atoms with van der Waals surface area (Å²) in [5.41, 5.74) is 3.29. The van der Waals surface area contributed by atoms with Gasteiger partial charge in [0.15, 0.2) is 0 Å². The molecule has 0 bridgehead atoms. The van der Waals surface area contributed by atoms with Crippen LogP contribution in [0.3, 0.4) is 0 Å². The van der Waals surface area contributed by atoms with Crippen LogP contribution in [0, 0.1) is 5.92 Å². The number of hydrogen-bond donors (Lipinski definition) is 1. The van der Waals surface area contributed by atoms with E-state index in [2.05, 4.69) is 30.1 Å². The molecule has 1 atom stereocenters. The van der Waals surface area contributed by atoms with Gasteiger partial charge in [-0.2, -0.15) is 4.31 Å². The molecule has 4 aromatic rings. The van der Waals surface area contributed by atoms with Crippen molar-refractivity contribution in [3.63, 3.8) is 0 Å². The van der Waals surface area contributed by atoms with Gasteiger partial charge in [-0.05, 0) is 62.3 Å². The number of nitrogens with one attached hydrogen (secondary N) is 1. The largest absolute Gasteiger partial charge is 0.317 e. The van der Waals surface area contributed by atoms with Gasteiger partial charge in [-0.25, -0.2) is 13.4 Å². The minimum Gasteiger partial charge on any atom is -0.317 e. The SMILES string of the molecule is CC(C)N1CCc2c(sc(NC(=O)C3CCCN(S(=O)(=O)c4cccs4)C3)c2-c2nc3ccccc3s2)C1. The van der Waals surface area contributed by atoms with Gasteiger partial charge in [-0.1, -0.05) is 18.2 Å². The summed E-state index contributed by atoms with van der Waals surface area (Å²) < 4.78 is 29.2. The van der Waals surface area contributed by atoms with E-state index in [0.717, 1.165) is 45.3 Å². The van der Waals surface area contributed by atoms with Gasteiger partial charge < -0.3 is 5.32 Å². The topological polar surface area (TPSA) is 82.6 Å². The van der Waals surface area contributed by atoms with Gasteiger partial charge >= 0.3 is 0 Å². The van der Waals surface area contributed by atoms with E-state index in [9.17, 15) is 13.2 Å². The van der Waals surface area contributed by atoms with Gasteiger partial charge in [-0.3, -0.25) is 9.69 Å². The molecule has 1 saturated heterocycles. The number of fused-ring (bicyclic) bond motifs is 2. The second-order valence-corrected chi connectivity index (χ2v) is 15.4. The first-order valence-corrected chi connectivity index (χ1v) is 16.9. The quantitative estimate of drug-likeness (QED) is 0.305. The van der Waals surface area contributed by atoms with Gasteiger partial charge in [0, 0.05) is 42.7 Å². The highest BCUT2D eigenvalue weighted by Crippen LogP contribution is 2.46. The Morgan fingerprint density at radius 1 is 1.13 bits per heavy atom. The zero-order valence-corrected chi connectivity index (χ0v) is 24.6. The Hall–Kier alpha value is -2.15. The Morgan fingerprint density at radius 2 is 1.97 bits per heavy atom. The molecule has 0 spiro atoms. The molecule has 0 radical (unpaired) electrons. The second-order valence-electron chi connectivity index (χ2n) is 10.1. The van der Waals surface area contributed by atoms with Crippen LogP contribution >= 0.6 is 34.0 Å². The standard InChI is InChI=1S/C27H30N4O3S4/c1-17(2)30-13-11-19-22(16-30)37-27(24(19)26-28-20-8-3-4-9-21(20)36-26)29-25(32)18-7-5-12-31(15-18)38(33,34)23-10-6-14-35-23/h3-4,6,8-10,14,17-18H,5,7,11-13,15-16H2,1-2H3,(H,29,32). The van der Waals surface area contributed by atoms with Crippen molar-refractivity contribution in [1.29, 1.82) is 0 Å². The molecule has 1 unspecified atom stereocenters. The highest BCUT2D eigenvalue weighted by molar-refractivity contribution is 7.91. The number of anilines is 1. The van der Waals surface area contributed by atoms with Crippen molar-refractivity contribution >= 4 is 65.2 Å². The average Bonchev–Trinajstić information content (AvgIpc) is 3.66. The number of amides is 1. The normalized spacial score (nSPS) is 19.2. The first kappa shape index (κ1) is 26.1. The molecule has 6 rings (SSSR count). The maximum Gasteiger partial charge on any atom is 0.252 e. The Balaban J connectivity index is 1.30. The van der Waals surface area contributed by atoms with E-state index in [1.54, 1.807) is 40.2 Å². The lowest BCUT2D eigenvalue weighted by Crippen LogP contribution is -2.43. The van der Waals surface area contributed by atoms with Crippen molar-refractivity contribution in [3.8, 4) is 10.6 Å². The Bertz CT molecular complexity index is 1540. The van der Waals surface area contributed by atoms with Gasteiger partial charge in [-0.15, -0.1) is 34.0 Å². The number of para-hydroxylation sites is 1. The molecule has 1 fully saturated rings. The van der Waals surface area contributed by atoms with Crippen LogP contribution in [0.15, 0.2) is 46.0 Å². The molecular formula is C27H30N4O3S4. The van der Waals surface area contributed by atoms with Crippen LogP contribution in [0.5, 0.6) is 0 Å². The lowest BCUT2D eigenvalue weighted by atomic mass is 9.98. The molecule has 1 aromatic carbocycles. The number of carbonyl (C=O) groups is 1. The monoisotopic (exact) mass is 586 g/mol. The number of rotatable bonds is 6. The Labute approximate surface area is 235 Å². The molecule has 5 heterocycles. The van der Waals surface area contributed by atoms with E-state index in [4.69, 9.17) is 4.98 Å². The number of thiophene rings is 2. The molecular weight excluding hydrogens is 557 g/mol. The van der Waals surface area contributed by atoms with Crippen LogP contribution in [-0.4, -0.2) is 54.2 Å². The summed E-state index contributed by atoms with van der Waals surface area (Å²) >= 11 is 4.52. The zero-order valence-electron chi connectivity index (χ0n) is 21.3. The number of thiazole rings is 1. The van der Waals surface area contributed by atoms with Gasteiger partial charge in [0.2, 0.25) is 5.91 Å². The number of carbonyl (C=O) groups excluding carboxylic acids is 1. The number of hydrogen-bond acceptors (Lipinski definition) is 8. The summed E-state index contributed by atoms with van der Waals surface area (Å²) in [7, 11) is -3.58. The number of sulfonamides is 1. The number of nitrogens with zero attached hydrogens (tertiary/aromatic N) is 3. The molecule has 11 heteroatoms. The predicted octanol–water partition coefficient (Wildman–Crippen LogP) is 5.89. The summed E-state index contributed by atoms with van der Waals surface area (Å²) in [5.74, 6) is -0.509. The predicted molar refractivity (Wildman–Crippen MR) is 157 cm³/mol. The van der Waals surface area contributed by atoms with Crippen LogP contribution in [-0.2, 0) is 27.8 Å². The lowest BCUT2D eigenvalue weighted by molar-refractivity contribution is -0.120. The van der Waals surface area contributed by atoms with Crippen molar-refractivity contribution in [2.45, 2.75) is 49.9 Å². The van der Waals surface area contributed by atoms with E-state index in [1.165, 1.54) is 26.1 Å². The summed E-state index contributed by atoms with van der Waals surface area (Å²) in [6, 6.07) is 12.0. The van der Waals surface area contributed by atoms with Crippen LogP contribution in [0.4, 0.5) is 5.00 Å². The average molecular weight is 587 g/mol. The van der Waals surface area contributed by atoms with Gasteiger partial charge in [0.05, 0.1) is 16.1 Å². The van der Waals surface area contributed by atoms with Crippen LogP contribution < -0.4 is 5.32 Å². The molecule has 38 heavy (non-hydrogen) atoms. The fraction of sp³-hybridized carbons (Fsp3) is 0.407. The molecule has 7 nitrogen and oxygen atoms in total. The third-order valence-corrected chi connectivity index (χ3v) is 12.8. The molecule has 1 N–H and O–H groups in total. The maximum absolute atomic E-state index is 13.6. The maximum atomic E-state index is 13.6. The van der Waals surface area contributed by atoms with Crippen molar-refractivity contribution in [3.05, 3.63) is 52.2 Å². The van der Waals surface area contributed by atoms with Crippen LogP contribution in [0.25, 0.3) is 20.8 Å². The molecule has 3 aromatic heterocycles. The number of piperidine rings is 1. The minimum atomic E-state index is -3.58. The second kappa shape index (κ2) is 10.4. The first-order valence-electron chi connectivity index (χ1n) is 12.9. The number of aromatic nitrogens is 1. The summed E-state index contributed by atoms with van der Waals surface area (Å²) in [6.07, 6.45) is 2.25. The first-order chi connectivity index (χ1) is 18.3. The van der Waals surface area contributed by atoms with Crippen molar-refractivity contribution < 1.29 is 13.2 Å². The summed E-state index contributed by atoms with van der Waals surface area (Å²) in [4.78, 5) is 22.3. The zero-order chi connectivity index (χ0) is 26.4. The van der Waals surface area contributed by atoms with E-state index in [1.807, 2.05) is 18.2 Å². The molecule has 0 aliphatic carbocycles. The molecule has 200 valence electrons. The van der Waals surface area contributed by atoms with Crippen molar-refractivity contribution in [2.24, 2.45) is 5.92 Å². The fourth-order valence-corrected chi connectivity index (χ4v) is 10.3. The molecule has 0 saturated carbocycles. The Kier molecular flexibility index (Phi) is 7.17. The molecule has 1 amide bonds. The van der Waals surface area contributed by atoms with Crippen molar-refractivity contribution in [1.82, 2.24) is 14.2 Å². The molecule has 2 aliphatic rings. The van der Waals surface area contributed by atoms with E-state index in [-0.39, 0.29) is 12.5 Å². The Morgan fingerprint density at radius 3 is 2.74 bits per heavy atom. The third kappa shape index (κ3) is 4.84. The van der Waals surface area contributed by atoms with Crippen molar-refractivity contribution in [2.75, 3.05) is 25.0 Å². The van der Waals surface area contributed by atoms with Crippen LogP contribution in [0.2, 0.25) is 0 Å². The van der Waals surface area contributed by atoms with Gasteiger partial charge in [0.1, 0.15) is 14.2 Å². The molecule has 2 aliphatic heterocycles. The highest BCUT2D eigenvalue weighted by atomic mass is 32.2. The van der Waals surface area contributed by atoms with Crippen LogP contribution in [0.1, 0.15) is 37.1 Å². The third-order valence-electron chi connectivity index (χ3n) is 7.41. The van der Waals surface area contributed by atoms with Gasteiger partial charge in [0.25, 0.3) is 10.0 Å². The smallest absolute Gasteiger partial charge is 0.252 e. The summed E-state index contributed by atoms with van der Waals surface area (Å²) in [5, 5.41) is 6.78. The highest BCUT2D eigenvalue weighted by Gasteiger charge is 2.35. The van der Waals surface area contributed by atoms with E-state index >= 15 is 0 Å². The lowest BCUT2D eigenvalue weighted by Gasteiger charge is -2.30. The number of benzene rings is 1. The van der Waals surface area contributed by atoms with E-state index < -0.39 is 15.9 Å². The summed E-state index contributed by atoms with van der Waals surface area (Å²) in [6.45, 7) is 6.92. The minimum absolute atomic E-state index is 0.113.